The number of halogens is 1. The van der Waals surface area contributed by atoms with Crippen LogP contribution in [0.1, 0.15) is 57.4 Å². The van der Waals surface area contributed by atoms with Crippen LogP contribution in [0.4, 0.5) is 0 Å². The molecule has 6 nitrogen and oxygen atoms in total. The number of benzene rings is 1. The fourth-order valence-corrected chi connectivity index (χ4v) is 4.93. The van der Waals surface area contributed by atoms with Crippen LogP contribution in [-0.4, -0.2) is 52.5 Å². The average Bonchev–Trinajstić information content (AvgIpc) is 2.97. The SMILES string of the molecule is CCNC(=NCCCS(=O)(=O)Cc1ccccc1)NCCOC1CCCCCC1.I. The van der Waals surface area contributed by atoms with Crippen LogP contribution in [0.25, 0.3) is 0 Å². The first-order valence-electron chi connectivity index (χ1n) is 11.0. The molecule has 0 atom stereocenters. The summed E-state index contributed by atoms with van der Waals surface area (Å²) in [5, 5.41) is 6.48. The quantitative estimate of drug-likeness (QED) is 0.143. The first-order valence-corrected chi connectivity index (χ1v) is 12.8. The number of rotatable bonds is 11. The Kier molecular flexibility index (Phi) is 14.4. The Morgan fingerprint density at radius 1 is 1.10 bits per heavy atom. The number of hydrogen-bond acceptors (Lipinski definition) is 4. The summed E-state index contributed by atoms with van der Waals surface area (Å²) in [5.74, 6) is 0.960. The van der Waals surface area contributed by atoms with E-state index in [1.807, 2.05) is 37.3 Å². The molecule has 0 bridgehead atoms. The van der Waals surface area contributed by atoms with Crippen molar-refractivity contribution in [3.05, 3.63) is 35.9 Å². The monoisotopic (exact) mass is 551 g/mol. The first kappa shape index (κ1) is 27.2. The molecule has 0 saturated heterocycles. The van der Waals surface area contributed by atoms with Crippen LogP contribution >= 0.6 is 24.0 Å². The van der Waals surface area contributed by atoms with Crippen molar-refractivity contribution in [1.82, 2.24) is 10.6 Å². The predicted octanol–water partition coefficient (Wildman–Crippen LogP) is 3.90. The summed E-state index contributed by atoms with van der Waals surface area (Å²) in [6, 6.07) is 9.31. The zero-order chi connectivity index (χ0) is 20.8. The van der Waals surface area contributed by atoms with Gasteiger partial charge in [0.05, 0.1) is 24.2 Å². The molecular weight excluding hydrogens is 513 g/mol. The highest BCUT2D eigenvalue weighted by Crippen LogP contribution is 2.19. The van der Waals surface area contributed by atoms with Crippen LogP contribution in [-0.2, 0) is 20.3 Å². The summed E-state index contributed by atoms with van der Waals surface area (Å²) in [6.07, 6.45) is 8.47. The van der Waals surface area contributed by atoms with E-state index in [1.165, 1.54) is 38.5 Å². The molecule has 2 N–H and O–H groups in total. The van der Waals surface area contributed by atoms with Crippen molar-refractivity contribution in [2.45, 2.75) is 63.7 Å². The van der Waals surface area contributed by atoms with Crippen LogP contribution in [0.5, 0.6) is 0 Å². The predicted molar refractivity (Wildman–Crippen MR) is 135 cm³/mol. The van der Waals surface area contributed by atoms with E-state index in [1.54, 1.807) is 0 Å². The lowest BCUT2D eigenvalue weighted by molar-refractivity contribution is 0.0468. The third-order valence-corrected chi connectivity index (χ3v) is 6.69. The Balaban J connectivity index is 0.00000450. The highest BCUT2D eigenvalue weighted by Gasteiger charge is 2.13. The van der Waals surface area contributed by atoms with Crippen molar-refractivity contribution in [1.29, 1.82) is 0 Å². The van der Waals surface area contributed by atoms with Gasteiger partial charge in [-0.1, -0.05) is 56.0 Å². The van der Waals surface area contributed by atoms with Crippen molar-refractivity contribution < 1.29 is 13.2 Å². The van der Waals surface area contributed by atoms with Gasteiger partial charge in [-0.2, -0.15) is 0 Å². The van der Waals surface area contributed by atoms with E-state index in [-0.39, 0.29) is 35.5 Å². The van der Waals surface area contributed by atoms with Gasteiger partial charge in [0.25, 0.3) is 0 Å². The summed E-state index contributed by atoms with van der Waals surface area (Å²) in [4.78, 5) is 4.50. The van der Waals surface area contributed by atoms with Crippen LogP contribution in [0.15, 0.2) is 35.3 Å². The Morgan fingerprint density at radius 3 is 2.47 bits per heavy atom. The third kappa shape index (κ3) is 12.1. The molecule has 1 aromatic carbocycles. The highest BCUT2D eigenvalue weighted by atomic mass is 127. The number of ether oxygens (including phenoxy) is 1. The molecule has 1 aliphatic rings. The molecule has 0 heterocycles. The smallest absolute Gasteiger partial charge is 0.191 e. The minimum absolute atomic E-state index is 0. The molecule has 1 saturated carbocycles. The lowest BCUT2D eigenvalue weighted by Gasteiger charge is -2.16. The fraction of sp³-hybridized carbons (Fsp3) is 0.682. The van der Waals surface area contributed by atoms with Gasteiger partial charge >= 0.3 is 0 Å². The van der Waals surface area contributed by atoms with Crippen molar-refractivity contribution in [2.24, 2.45) is 4.99 Å². The van der Waals surface area contributed by atoms with E-state index in [4.69, 9.17) is 4.74 Å². The molecule has 1 aliphatic carbocycles. The molecule has 30 heavy (non-hydrogen) atoms. The maximum absolute atomic E-state index is 12.3. The molecule has 0 amide bonds. The Morgan fingerprint density at radius 2 is 1.80 bits per heavy atom. The van der Waals surface area contributed by atoms with E-state index < -0.39 is 9.84 Å². The fourth-order valence-electron chi connectivity index (χ4n) is 3.52. The first-order chi connectivity index (χ1) is 14.1. The molecular formula is C22H38IN3O3S. The van der Waals surface area contributed by atoms with Crippen molar-refractivity contribution in [3.63, 3.8) is 0 Å². The average molecular weight is 552 g/mol. The van der Waals surface area contributed by atoms with Gasteiger partial charge in [-0.25, -0.2) is 8.42 Å². The Hall–Kier alpha value is -0.870. The van der Waals surface area contributed by atoms with Gasteiger partial charge in [0.15, 0.2) is 15.8 Å². The molecule has 0 spiro atoms. The third-order valence-electron chi connectivity index (χ3n) is 5.01. The van der Waals surface area contributed by atoms with Gasteiger partial charge < -0.3 is 15.4 Å². The summed E-state index contributed by atoms with van der Waals surface area (Å²) >= 11 is 0. The summed E-state index contributed by atoms with van der Waals surface area (Å²) in [5.41, 5.74) is 0.833. The number of aliphatic imine (C=N–C) groups is 1. The van der Waals surface area contributed by atoms with E-state index in [2.05, 4.69) is 15.6 Å². The molecule has 1 aromatic rings. The van der Waals surface area contributed by atoms with Crippen molar-refractivity contribution in [3.8, 4) is 0 Å². The number of hydrogen-bond donors (Lipinski definition) is 2. The molecule has 0 radical (unpaired) electrons. The summed E-state index contributed by atoms with van der Waals surface area (Å²) in [6.45, 7) is 4.63. The van der Waals surface area contributed by atoms with E-state index in [0.717, 1.165) is 18.1 Å². The van der Waals surface area contributed by atoms with Gasteiger partial charge in [0.2, 0.25) is 0 Å². The number of nitrogens with zero attached hydrogens (tertiary/aromatic N) is 1. The second-order valence-electron chi connectivity index (χ2n) is 7.60. The highest BCUT2D eigenvalue weighted by molar-refractivity contribution is 14.0. The van der Waals surface area contributed by atoms with Crippen molar-refractivity contribution in [2.75, 3.05) is 32.0 Å². The van der Waals surface area contributed by atoms with Crippen molar-refractivity contribution >= 4 is 39.8 Å². The molecule has 0 aliphatic heterocycles. The Bertz CT molecular complexity index is 691. The zero-order valence-corrected chi connectivity index (χ0v) is 21.3. The maximum Gasteiger partial charge on any atom is 0.191 e. The van der Waals surface area contributed by atoms with Gasteiger partial charge in [0.1, 0.15) is 0 Å². The summed E-state index contributed by atoms with van der Waals surface area (Å²) < 4.78 is 30.5. The van der Waals surface area contributed by atoms with E-state index >= 15 is 0 Å². The van der Waals surface area contributed by atoms with Gasteiger partial charge in [-0.3, -0.25) is 4.99 Å². The standard InChI is InChI=1S/C22H37N3O3S.HI/c1-2-23-22(25-16-17-28-21-13-8-3-4-9-14-21)24-15-10-18-29(26,27)19-20-11-6-5-7-12-20;/h5-7,11-12,21H,2-4,8-10,13-19H2,1H3,(H2,23,24,25);1H. The van der Waals surface area contributed by atoms with Crippen LogP contribution in [0.3, 0.4) is 0 Å². The lowest BCUT2D eigenvalue weighted by atomic mass is 10.1. The second-order valence-corrected chi connectivity index (χ2v) is 9.79. The lowest BCUT2D eigenvalue weighted by Crippen LogP contribution is -2.39. The molecule has 0 aromatic heterocycles. The number of sulfone groups is 1. The minimum Gasteiger partial charge on any atom is -0.376 e. The zero-order valence-electron chi connectivity index (χ0n) is 18.1. The molecule has 1 fully saturated rings. The van der Waals surface area contributed by atoms with E-state index in [9.17, 15) is 8.42 Å². The van der Waals surface area contributed by atoms with Crippen LogP contribution < -0.4 is 10.6 Å². The summed E-state index contributed by atoms with van der Waals surface area (Å²) in [7, 11) is -3.11. The van der Waals surface area contributed by atoms with E-state index in [0.29, 0.717) is 32.2 Å². The number of guanidine groups is 1. The molecule has 8 heteroatoms. The van der Waals surface area contributed by atoms with Crippen LogP contribution in [0.2, 0.25) is 0 Å². The largest absolute Gasteiger partial charge is 0.376 e. The number of nitrogens with one attached hydrogen (secondary N) is 2. The van der Waals surface area contributed by atoms with Gasteiger partial charge in [-0.15, -0.1) is 24.0 Å². The molecule has 172 valence electrons. The van der Waals surface area contributed by atoms with Gasteiger partial charge in [-0.05, 0) is 31.7 Å². The second kappa shape index (κ2) is 15.9. The Labute approximate surface area is 199 Å². The molecule has 0 unspecified atom stereocenters. The molecule has 2 rings (SSSR count). The topological polar surface area (TPSA) is 79.8 Å². The minimum atomic E-state index is -3.11. The maximum atomic E-state index is 12.3. The van der Waals surface area contributed by atoms with Crippen LogP contribution in [0, 0.1) is 0 Å². The normalized spacial score (nSPS) is 15.8. The van der Waals surface area contributed by atoms with Gasteiger partial charge in [0, 0.05) is 19.6 Å².